The lowest BCUT2D eigenvalue weighted by Gasteiger charge is -2.33. The number of hydrogen-bond acceptors (Lipinski definition) is 1. The number of hydrogen-bond donors (Lipinski definition) is 0. The van der Waals surface area contributed by atoms with E-state index in [1.807, 2.05) is 6.92 Å². The highest BCUT2D eigenvalue weighted by Gasteiger charge is 2.36. The summed E-state index contributed by atoms with van der Waals surface area (Å²) in [6.07, 6.45) is 2.43. The number of rotatable bonds is 3. The monoisotopic (exact) mass is 132 g/mol. The van der Waals surface area contributed by atoms with Crippen LogP contribution in [0.15, 0.2) is 0 Å². The van der Waals surface area contributed by atoms with E-state index >= 15 is 0 Å². The molecule has 1 aliphatic rings. The Morgan fingerprint density at radius 3 is 2.56 bits per heavy atom. The molecule has 0 aromatic rings. The predicted molar refractivity (Wildman–Crippen MR) is 34.2 cm³/mol. The first-order chi connectivity index (χ1) is 4.27. The maximum Gasteiger partial charge on any atom is 0.134 e. The molecule has 1 fully saturated rings. The lowest BCUT2D eigenvalue weighted by Crippen LogP contribution is -2.36. The predicted octanol–water partition coefficient (Wildman–Crippen LogP) is 1.92. The second-order valence-electron chi connectivity index (χ2n) is 2.64. The van der Waals surface area contributed by atoms with E-state index in [0.717, 1.165) is 6.42 Å². The minimum Gasteiger partial charge on any atom is -0.378 e. The third-order valence-electron chi connectivity index (χ3n) is 1.81. The Kier molecular flexibility index (Phi) is 2.06. The zero-order chi connectivity index (χ0) is 6.74. The summed E-state index contributed by atoms with van der Waals surface area (Å²) in [5.74, 6) is 0. The quantitative estimate of drug-likeness (QED) is 0.570. The summed E-state index contributed by atoms with van der Waals surface area (Å²) in [7, 11) is 0. The van der Waals surface area contributed by atoms with Crippen molar-refractivity contribution in [3.63, 3.8) is 0 Å². The maximum absolute atomic E-state index is 13.0. The van der Waals surface area contributed by atoms with Crippen LogP contribution in [0.4, 0.5) is 4.39 Å². The summed E-state index contributed by atoms with van der Waals surface area (Å²) >= 11 is 0. The molecular formula is C7H13FO. The highest BCUT2D eigenvalue weighted by molar-refractivity contribution is 4.87. The van der Waals surface area contributed by atoms with Crippen molar-refractivity contribution >= 4 is 0 Å². The second-order valence-corrected chi connectivity index (χ2v) is 2.64. The first-order valence-electron chi connectivity index (χ1n) is 3.53. The van der Waals surface area contributed by atoms with Gasteiger partial charge in [-0.3, -0.25) is 0 Å². The number of alkyl halides is 1. The standard InChI is InChI=1S/C7H13FO/c1-2-9-6-7(8)4-3-5-7/h2-6H2,1H3. The van der Waals surface area contributed by atoms with Crippen LogP contribution in [0.1, 0.15) is 26.2 Å². The second kappa shape index (κ2) is 2.65. The third-order valence-corrected chi connectivity index (χ3v) is 1.81. The zero-order valence-corrected chi connectivity index (χ0v) is 5.82. The van der Waals surface area contributed by atoms with E-state index in [0.29, 0.717) is 26.1 Å². The van der Waals surface area contributed by atoms with Crippen molar-refractivity contribution in [2.24, 2.45) is 0 Å². The molecule has 0 aromatic heterocycles. The summed E-state index contributed by atoms with van der Waals surface area (Å²) in [6, 6.07) is 0. The molecule has 0 spiro atoms. The van der Waals surface area contributed by atoms with E-state index in [4.69, 9.17) is 4.74 Å². The van der Waals surface area contributed by atoms with Gasteiger partial charge in [-0.15, -0.1) is 0 Å². The SMILES string of the molecule is CCOCC1(F)CCC1. The summed E-state index contributed by atoms with van der Waals surface area (Å²) < 4.78 is 17.9. The van der Waals surface area contributed by atoms with Gasteiger partial charge in [-0.25, -0.2) is 4.39 Å². The number of halogens is 1. The number of ether oxygens (including phenoxy) is 1. The Bertz CT molecular complexity index is 88.9. The Labute approximate surface area is 55.2 Å². The van der Waals surface area contributed by atoms with Gasteiger partial charge >= 0.3 is 0 Å². The maximum atomic E-state index is 13.0. The van der Waals surface area contributed by atoms with Crippen molar-refractivity contribution in [3.05, 3.63) is 0 Å². The van der Waals surface area contributed by atoms with Gasteiger partial charge in [-0.2, -0.15) is 0 Å². The van der Waals surface area contributed by atoms with Gasteiger partial charge in [0, 0.05) is 6.61 Å². The fraction of sp³-hybridized carbons (Fsp3) is 1.00. The molecule has 0 amide bonds. The first-order valence-corrected chi connectivity index (χ1v) is 3.53. The van der Waals surface area contributed by atoms with Crippen LogP contribution in [0.2, 0.25) is 0 Å². The molecule has 0 aliphatic heterocycles. The minimum atomic E-state index is -0.948. The molecule has 0 aromatic carbocycles. The topological polar surface area (TPSA) is 9.23 Å². The van der Waals surface area contributed by atoms with Crippen molar-refractivity contribution in [1.29, 1.82) is 0 Å². The molecule has 0 unspecified atom stereocenters. The molecule has 1 nitrogen and oxygen atoms in total. The van der Waals surface area contributed by atoms with Crippen LogP contribution in [0.25, 0.3) is 0 Å². The third kappa shape index (κ3) is 1.65. The molecule has 54 valence electrons. The van der Waals surface area contributed by atoms with Crippen molar-refractivity contribution in [2.75, 3.05) is 13.2 Å². The van der Waals surface area contributed by atoms with Gasteiger partial charge in [0.15, 0.2) is 0 Å². The lowest BCUT2D eigenvalue weighted by atomic mass is 9.83. The van der Waals surface area contributed by atoms with Gasteiger partial charge in [0.25, 0.3) is 0 Å². The van der Waals surface area contributed by atoms with E-state index in [1.165, 1.54) is 0 Å². The molecule has 0 saturated heterocycles. The van der Waals surface area contributed by atoms with Gasteiger partial charge in [0.2, 0.25) is 0 Å². The van der Waals surface area contributed by atoms with Gasteiger partial charge < -0.3 is 4.74 Å². The van der Waals surface area contributed by atoms with Crippen LogP contribution in [0.3, 0.4) is 0 Å². The van der Waals surface area contributed by atoms with E-state index in [-0.39, 0.29) is 0 Å². The van der Waals surface area contributed by atoms with Gasteiger partial charge in [0.05, 0.1) is 6.61 Å². The highest BCUT2D eigenvalue weighted by atomic mass is 19.1. The molecule has 1 saturated carbocycles. The fourth-order valence-electron chi connectivity index (χ4n) is 0.990. The Hall–Kier alpha value is -0.110. The fourth-order valence-corrected chi connectivity index (χ4v) is 0.990. The molecule has 9 heavy (non-hydrogen) atoms. The van der Waals surface area contributed by atoms with Crippen LogP contribution >= 0.6 is 0 Å². The Morgan fingerprint density at radius 1 is 1.56 bits per heavy atom. The average molecular weight is 132 g/mol. The molecule has 0 heterocycles. The molecule has 1 rings (SSSR count). The summed E-state index contributed by atoms with van der Waals surface area (Å²) in [4.78, 5) is 0. The van der Waals surface area contributed by atoms with Crippen LogP contribution in [0.5, 0.6) is 0 Å². The van der Waals surface area contributed by atoms with Gasteiger partial charge in [0.1, 0.15) is 5.67 Å². The Balaban J connectivity index is 2.09. The molecule has 0 N–H and O–H groups in total. The molecule has 0 bridgehead atoms. The van der Waals surface area contributed by atoms with Crippen LogP contribution in [-0.2, 0) is 4.74 Å². The molecule has 0 radical (unpaired) electrons. The average Bonchev–Trinajstić information content (AvgIpc) is 1.79. The largest absolute Gasteiger partial charge is 0.378 e. The normalized spacial score (nSPS) is 23.3. The van der Waals surface area contributed by atoms with E-state index in [2.05, 4.69) is 0 Å². The van der Waals surface area contributed by atoms with E-state index in [1.54, 1.807) is 0 Å². The van der Waals surface area contributed by atoms with Crippen molar-refractivity contribution < 1.29 is 9.13 Å². The Morgan fingerprint density at radius 2 is 2.22 bits per heavy atom. The van der Waals surface area contributed by atoms with Gasteiger partial charge in [-0.05, 0) is 26.2 Å². The highest BCUT2D eigenvalue weighted by Crippen LogP contribution is 2.35. The van der Waals surface area contributed by atoms with E-state index < -0.39 is 5.67 Å². The molecule has 1 aliphatic carbocycles. The van der Waals surface area contributed by atoms with Crippen LogP contribution < -0.4 is 0 Å². The zero-order valence-electron chi connectivity index (χ0n) is 5.82. The molecule has 0 atom stereocenters. The van der Waals surface area contributed by atoms with Crippen molar-refractivity contribution in [3.8, 4) is 0 Å². The summed E-state index contributed by atoms with van der Waals surface area (Å²) in [5.41, 5.74) is -0.948. The minimum absolute atomic E-state index is 0.309. The van der Waals surface area contributed by atoms with Gasteiger partial charge in [-0.1, -0.05) is 0 Å². The lowest BCUT2D eigenvalue weighted by molar-refractivity contribution is -0.0305. The summed E-state index contributed by atoms with van der Waals surface area (Å²) in [6.45, 7) is 2.83. The van der Waals surface area contributed by atoms with Crippen molar-refractivity contribution in [2.45, 2.75) is 31.9 Å². The molecular weight excluding hydrogens is 119 g/mol. The first kappa shape index (κ1) is 7.00. The van der Waals surface area contributed by atoms with E-state index in [9.17, 15) is 4.39 Å². The molecule has 2 heteroatoms. The van der Waals surface area contributed by atoms with Crippen molar-refractivity contribution in [1.82, 2.24) is 0 Å². The smallest absolute Gasteiger partial charge is 0.134 e. The van der Waals surface area contributed by atoms with Crippen LogP contribution in [0, 0.1) is 0 Å². The summed E-state index contributed by atoms with van der Waals surface area (Å²) in [5, 5.41) is 0. The van der Waals surface area contributed by atoms with Crippen LogP contribution in [-0.4, -0.2) is 18.9 Å².